The van der Waals surface area contributed by atoms with E-state index in [4.69, 9.17) is 9.73 Å². The Balaban J connectivity index is 1.93. The highest BCUT2D eigenvalue weighted by Crippen LogP contribution is 2.41. The Hall–Kier alpha value is -0.710. The smallest absolute Gasteiger partial charge is 0.328 e. The van der Waals surface area contributed by atoms with Gasteiger partial charge in [0.15, 0.2) is 5.17 Å². The summed E-state index contributed by atoms with van der Waals surface area (Å²) >= 11 is 1.78. The highest BCUT2D eigenvalue weighted by atomic mass is 32.2. The summed E-state index contributed by atoms with van der Waals surface area (Å²) < 4.78 is 4.90. The number of carbonyl (C=O) groups excluding carboxylic acids is 1. The van der Waals surface area contributed by atoms with Crippen LogP contribution in [0.3, 0.4) is 0 Å². The molecule has 5 heteroatoms. The zero-order chi connectivity index (χ0) is 15.3. The molecule has 0 radical (unpaired) electrons. The Morgan fingerprint density at radius 3 is 2.62 bits per heavy atom. The van der Waals surface area contributed by atoms with Crippen LogP contribution >= 0.6 is 11.8 Å². The number of nitrogens with zero attached hydrogens (tertiary/aromatic N) is 1. The lowest BCUT2D eigenvalue weighted by atomic mass is 9.75. The molecule has 2 rings (SSSR count). The van der Waals surface area contributed by atoms with Crippen molar-refractivity contribution in [3.05, 3.63) is 0 Å². The SMILES string of the molecule is COC(=O)C(CC(C)C)NC1=NCC2(CCCCC2)CS1. The maximum Gasteiger partial charge on any atom is 0.328 e. The summed E-state index contributed by atoms with van der Waals surface area (Å²) in [5.74, 6) is 1.39. The molecule has 1 N–H and O–H groups in total. The molecule has 1 fully saturated rings. The molecule has 0 saturated heterocycles. The average Bonchev–Trinajstić information content (AvgIpc) is 2.48. The minimum Gasteiger partial charge on any atom is -0.467 e. The first-order valence-corrected chi connectivity index (χ1v) is 9.05. The summed E-state index contributed by atoms with van der Waals surface area (Å²) in [7, 11) is 1.45. The predicted octanol–water partition coefficient (Wildman–Crippen LogP) is 3.22. The largest absolute Gasteiger partial charge is 0.467 e. The van der Waals surface area contributed by atoms with E-state index in [1.165, 1.54) is 39.2 Å². The monoisotopic (exact) mass is 312 g/mol. The van der Waals surface area contributed by atoms with Gasteiger partial charge in [-0.2, -0.15) is 0 Å². The maximum absolute atomic E-state index is 11.9. The number of ether oxygens (including phenoxy) is 1. The molecule has 0 aromatic rings. The number of esters is 1. The first-order chi connectivity index (χ1) is 10.0. The molecule has 21 heavy (non-hydrogen) atoms. The predicted molar refractivity (Wildman–Crippen MR) is 88.7 cm³/mol. The Morgan fingerprint density at radius 1 is 1.38 bits per heavy atom. The van der Waals surface area contributed by atoms with Crippen molar-refractivity contribution in [2.75, 3.05) is 19.4 Å². The van der Waals surface area contributed by atoms with Crippen LogP contribution in [0.1, 0.15) is 52.4 Å². The van der Waals surface area contributed by atoms with Gasteiger partial charge in [-0.05, 0) is 30.6 Å². The van der Waals surface area contributed by atoms with Crippen LogP contribution < -0.4 is 5.32 Å². The number of hydrogen-bond donors (Lipinski definition) is 1. The van der Waals surface area contributed by atoms with Crippen LogP contribution in [0.4, 0.5) is 0 Å². The van der Waals surface area contributed by atoms with Gasteiger partial charge < -0.3 is 10.1 Å². The zero-order valence-electron chi connectivity index (χ0n) is 13.5. The molecule has 1 atom stereocenters. The molecule has 1 unspecified atom stereocenters. The van der Waals surface area contributed by atoms with Gasteiger partial charge in [0.2, 0.25) is 0 Å². The van der Waals surface area contributed by atoms with Gasteiger partial charge in [-0.25, -0.2) is 4.79 Å². The third kappa shape index (κ3) is 4.63. The van der Waals surface area contributed by atoms with Crippen LogP contribution in [-0.4, -0.2) is 36.6 Å². The third-order valence-corrected chi connectivity index (χ3v) is 5.75. The van der Waals surface area contributed by atoms with E-state index in [0.717, 1.165) is 23.9 Å². The molecule has 1 heterocycles. The highest BCUT2D eigenvalue weighted by molar-refractivity contribution is 8.13. The molecule has 2 aliphatic rings. The van der Waals surface area contributed by atoms with Crippen LogP contribution in [0, 0.1) is 11.3 Å². The summed E-state index contributed by atoms with van der Waals surface area (Å²) in [6.45, 7) is 5.15. The van der Waals surface area contributed by atoms with E-state index in [1.807, 2.05) is 0 Å². The van der Waals surface area contributed by atoms with E-state index in [-0.39, 0.29) is 12.0 Å². The number of nitrogens with one attached hydrogen (secondary N) is 1. The van der Waals surface area contributed by atoms with Crippen molar-refractivity contribution in [2.24, 2.45) is 16.3 Å². The van der Waals surface area contributed by atoms with Crippen LogP contribution in [0.15, 0.2) is 4.99 Å². The normalized spacial score (nSPS) is 22.8. The number of hydrogen-bond acceptors (Lipinski definition) is 5. The van der Waals surface area contributed by atoms with Gasteiger partial charge in [-0.1, -0.05) is 44.9 Å². The second-order valence-electron chi connectivity index (χ2n) is 6.82. The molecule has 1 spiro atoms. The van der Waals surface area contributed by atoms with E-state index in [0.29, 0.717) is 11.3 Å². The first-order valence-electron chi connectivity index (χ1n) is 8.06. The molecule has 0 aromatic carbocycles. The fourth-order valence-electron chi connectivity index (χ4n) is 3.22. The van der Waals surface area contributed by atoms with Gasteiger partial charge >= 0.3 is 5.97 Å². The lowest BCUT2D eigenvalue weighted by molar-refractivity contribution is -0.143. The van der Waals surface area contributed by atoms with Crippen LogP contribution in [0.5, 0.6) is 0 Å². The minimum absolute atomic E-state index is 0.190. The van der Waals surface area contributed by atoms with Crippen LogP contribution in [-0.2, 0) is 9.53 Å². The Kier molecular flexibility index (Phi) is 5.97. The van der Waals surface area contributed by atoms with E-state index in [2.05, 4.69) is 19.2 Å². The van der Waals surface area contributed by atoms with Gasteiger partial charge in [-0.15, -0.1) is 0 Å². The summed E-state index contributed by atoms with van der Waals surface area (Å²) in [6, 6.07) is -0.276. The van der Waals surface area contributed by atoms with Gasteiger partial charge in [-0.3, -0.25) is 4.99 Å². The summed E-state index contributed by atoms with van der Waals surface area (Å²) in [4.78, 5) is 16.6. The molecule has 1 aliphatic heterocycles. The van der Waals surface area contributed by atoms with Gasteiger partial charge in [0.25, 0.3) is 0 Å². The second-order valence-corrected chi connectivity index (χ2v) is 7.78. The van der Waals surface area contributed by atoms with E-state index < -0.39 is 0 Å². The van der Waals surface area contributed by atoms with E-state index in [1.54, 1.807) is 11.8 Å². The number of methoxy groups -OCH3 is 1. The lowest BCUT2D eigenvalue weighted by Gasteiger charge is -2.38. The summed E-state index contributed by atoms with van der Waals surface area (Å²) in [5.41, 5.74) is 0.424. The minimum atomic E-state index is -0.276. The van der Waals surface area contributed by atoms with Crippen molar-refractivity contribution in [3.8, 4) is 0 Å². The van der Waals surface area contributed by atoms with Crippen molar-refractivity contribution in [3.63, 3.8) is 0 Å². The first kappa shape index (κ1) is 16.7. The Morgan fingerprint density at radius 2 is 2.10 bits per heavy atom. The molecular formula is C16H28N2O2S. The fourth-order valence-corrected chi connectivity index (χ4v) is 4.42. The van der Waals surface area contributed by atoms with Crippen molar-refractivity contribution in [1.29, 1.82) is 0 Å². The maximum atomic E-state index is 11.9. The van der Waals surface area contributed by atoms with Crippen molar-refractivity contribution >= 4 is 22.9 Å². The van der Waals surface area contributed by atoms with Gasteiger partial charge in [0.05, 0.1) is 7.11 Å². The standard InChI is InChI=1S/C16H28N2O2S/c1-12(2)9-13(14(19)20-3)18-15-17-10-16(11-21-15)7-5-4-6-8-16/h12-13H,4-11H2,1-3H3,(H,17,18). The summed E-state index contributed by atoms with van der Waals surface area (Å²) in [5, 5.41) is 4.22. The van der Waals surface area contributed by atoms with Crippen LogP contribution in [0.25, 0.3) is 0 Å². The van der Waals surface area contributed by atoms with E-state index >= 15 is 0 Å². The third-order valence-electron chi connectivity index (χ3n) is 4.48. The second kappa shape index (κ2) is 7.52. The number of aliphatic imine (C=N–C) groups is 1. The highest BCUT2D eigenvalue weighted by Gasteiger charge is 2.35. The number of thioether (sulfide) groups is 1. The van der Waals surface area contributed by atoms with Gasteiger partial charge in [0.1, 0.15) is 6.04 Å². The van der Waals surface area contributed by atoms with Crippen molar-refractivity contribution in [2.45, 2.75) is 58.4 Å². The molecule has 120 valence electrons. The zero-order valence-corrected chi connectivity index (χ0v) is 14.3. The Labute approximate surface area is 132 Å². The van der Waals surface area contributed by atoms with Crippen LogP contribution in [0.2, 0.25) is 0 Å². The molecule has 0 amide bonds. The molecule has 0 aromatic heterocycles. The Bertz CT molecular complexity index is 390. The number of carbonyl (C=O) groups is 1. The molecule has 1 aliphatic carbocycles. The molecular weight excluding hydrogens is 284 g/mol. The van der Waals surface area contributed by atoms with Crippen molar-refractivity contribution in [1.82, 2.24) is 5.32 Å². The van der Waals surface area contributed by atoms with Crippen molar-refractivity contribution < 1.29 is 9.53 Å². The van der Waals surface area contributed by atoms with E-state index in [9.17, 15) is 4.79 Å². The molecule has 4 nitrogen and oxygen atoms in total. The topological polar surface area (TPSA) is 50.7 Å². The number of amidine groups is 1. The fraction of sp³-hybridized carbons (Fsp3) is 0.875. The number of rotatable bonds is 4. The quantitative estimate of drug-likeness (QED) is 0.810. The summed E-state index contributed by atoms with van der Waals surface area (Å²) in [6.07, 6.45) is 7.46. The molecule has 1 saturated carbocycles. The lowest BCUT2D eigenvalue weighted by Crippen LogP contribution is -2.44. The molecule has 0 bridgehead atoms. The average molecular weight is 312 g/mol. The van der Waals surface area contributed by atoms with Gasteiger partial charge in [0, 0.05) is 12.3 Å².